The molecular formula is C38H57N7O8. The average molecular weight is 740 g/mol. The van der Waals surface area contributed by atoms with Gasteiger partial charge >= 0.3 is 6.03 Å². The van der Waals surface area contributed by atoms with Gasteiger partial charge in [0, 0.05) is 32.1 Å². The second-order valence-electron chi connectivity index (χ2n) is 17.4. The van der Waals surface area contributed by atoms with Crippen LogP contribution in [-0.4, -0.2) is 115 Å². The standard InChI is InChI=1S/C38H57N7O8/c1-36(2,3)30(42-35(52)43-37(4,5)6)34(51)45-18-23-26(38(23,7)8)28(45)31(48)40-24(16-21-19-53-20-21)29(47)32(49)39-17-25(46)41-27(33(50)44(9)10)22-14-12-11-13-15-22/h11-15,21,23-24,26-28,30H,16-20H2,1-10H3,(H,39,49)(H,40,48)(H,41,46)(H2,42,43,52)/t23-,24?,26-,27-,28-,30+/m0/s1. The number of amides is 7. The highest BCUT2D eigenvalue weighted by atomic mass is 16.5. The molecule has 1 aromatic carbocycles. The summed E-state index contributed by atoms with van der Waals surface area (Å²) in [6.45, 7) is 15.5. The van der Waals surface area contributed by atoms with Gasteiger partial charge in [-0.05, 0) is 55.4 Å². The van der Waals surface area contributed by atoms with E-state index in [1.54, 1.807) is 44.4 Å². The summed E-state index contributed by atoms with van der Waals surface area (Å²) in [7, 11) is 3.12. The second-order valence-corrected chi connectivity index (χ2v) is 17.4. The van der Waals surface area contributed by atoms with Crippen LogP contribution in [0.5, 0.6) is 0 Å². The first kappa shape index (κ1) is 41.2. The lowest BCUT2D eigenvalue weighted by Crippen LogP contribution is -2.62. The first-order valence-corrected chi connectivity index (χ1v) is 18.2. The van der Waals surface area contributed by atoms with E-state index in [0.29, 0.717) is 25.3 Å². The molecule has 3 aliphatic rings. The van der Waals surface area contributed by atoms with Crippen LogP contribution in [0.1, 0.15) is 73.4 Å². The van der Waals surface area contributed by atoms with E-state index < -0.39 is 77.1 Å². The van der Waals surface area contributed by atoms with Crippen molar-refractivity contribution in [1.29, 1.82) is 0 Å². The number of likely N-dealkylation sites (tertiary alicyclic amines) is 1. The van der Waals surface area contributed by atoms with Crippen molar-refractivity contribution in [3.8, 4) is 0 Å². The van der Waals surface area contributed by atoms with Gasteiger partial charge in [-0.3, -0.25) is 28.8 Å². The zero-order valence-electron chi connectivity index (χ0n) is 32.6. The van der Waals surface area contributed by atoms with E-state index in [2.05, 4.69) is 26.6 Å². The minimum Gasteiger partial charge on any atom is -0.381 e. The van der Waals surface area contributed by atoms with Gasteiger partial charge < -0.3 is 41.1 Å². The van der Waals surface area contributed by atoms with Gasteiger partial charge in [0.15, 0.2) is 0 Å². The molecule has 2 heterocycles. The SMILES string of the molecule is CN(C)C(=O)[C@@H](NC(=O)CNC(=O)C(=O)C(CC1COC1)NC(=O)[C@@H]1[C@@H]2[C@H](CN1C(=O)[C@@H](NC(=O)NC(C)(C)C)C(C)(C)C)C2(C)C)c1ccccc1. The summed E-state index contributed by atoms with van der Waals surface area (Å²) >= 11 is 0. The lowest BCUT2D eigenvalue weighted by Gasteiger charge is -2.38. The Labute approximate surface area is 312 Å². The van der Waals surface area contributed by atoms with Gasteiger partial charge in [0.05, 0.1) is 25.8 Å². The number of ether oxygens (including phenoxy) is 1. The molecule has 15 heteroatoms. The Kier molecular flexibility index (Phi) is 12.3. The lowest BCUT2D eigenvalue weighted by atomic mass is 9.85. The molecule has 2 saturated heterocycles. The van der Waals surface area contributed by atoms with Crippen LogP contribution >= 0.6 is 0 Å². The van der Waals surface area contributed by atoms with E-state index in [0.717, 1.165) is 0 Å². The van der Waals surface area contributed by atoms with Crippen LogP contribution < -0.4 is 26.6 Å². The Morgan fingerprint density at radius 3 is 2.08 bits per heavy atom. The summed E-state index contributed by atoms with van der Waals surface area (Å²) in [5.41, 5.74) is -0.949. The molecule has 2 aliphatic heterocycles. The molecule has 7 amide bonds. The van der Waals surface area contributed by atoms with Crippen LogP contribution in [0.25, 0.3) is 0 Å². The minimum absolute atomic E-state index is 0.0290. The molecule has 1 saturated carbocycles. The number of rotatable bonds is 13. The number of carbonyl (C=O) groups excluding carboxylic acids is 7. The summed E-state index contributed by atoms with van der Waals surface area (Å²) in [6.07, 6.45) is 0.120. The highest BCUT2D eigenvalue weighted by molar-refractivity contribution is 6.38. The van der Waals surface area contributed by atoms with E-state index in [1.807, 2.05) is 55.4 Å². The third kappa shape index (κ3) is 9.92. The number of likely N-dealkylation sites (N-methyl/N-ethyl adjacent to an activating group) is 1. The number of benzene rings is 1. The van der Waals surface area contributed by atoms with Crippen molar-refractivity contribution in [2.75, 3.05) is 40.4 Å². The number of piperidine rings is 1. The molecule has 3 fully saturated rings. The second kappa shape index (κ2) is 15.8. The van der Waals surface area contributed by atoms with Crippen LogP contribution in [0.2, 0.25) is 0 Å². The monoisotopic (exact) mass is 739 g/mol. The number of Topliss-reactive ketones (excluding diaryl/α,β-unsaturated/α-hetero) is 1. The largest absolute Gasteiger partial charge is 0.381 e. The van der Waals surface area contributed by atoms with Crippen molar-refractivity contribution in [2.24, 2.45) is 28.6 Å². The van der Waals surface area contributed by atoms with Crippen LogP contribution in [-0.2, 0) is 33.5 Å². The van der Waals surface area contributed by atoms with Gasteiger partial charge in [-0.25, -0.2) is 4.79 Å². The fraction of sp³-hybridized carbons (Fsp3) is 0.658. The van der Waals surface area contributed by atoms with Gasteiger partial charge in [-0.2, -0.15) is 0 Å². The highest BCUT2D eigenvalue weighted by Crippen LogP contribution is 2.65. The number of nitrogens with one attached hydrogen (secondary N) is 5. The van der Waals surface area contributed by atoms with Crippen molar-refractivity contribution in [3.05, 3.63) is 35.9 Å². The molecule has 1 aromatic rings. The van der Waals surface area contributed by atoms with Gasteiger partial charge in [0.25, 0.3) is 5.91 Å². The van der Waals surface area contributed by atoms with Gasteiger partial charge in [-0.15, -0.1) is 0 Å². The van der Waals surface area contributed by atoms with Crippen LogP contribution in [0.3, 0.4) is 0 Å². The molecule has 6 atom stereocenters. The molecule has 0 spiro atoms. The van der Waals surface area contributed by atoms with E-state index in [4.69, 9.17) is 4.74 Å². The molecule has 0 aromatic heterocycles. The molecule has 292 valence electrons. The maximum Gasteiger partial charge on any atom is 0.315 e. The Morgan fingerprint density at radius 1 is 0.925 bits per heavy atom. The molecule has 4 rings (SSSR count). The third-order valence-electron chi connectivity index (χ3n) is 10.3. The van der Waals surface area contributed by atoms with Crippen LogP contribution in [0.4, 0.5) is 4.79 Å². The fourth-order valence-corrected chi connectivity index (χ4v) is 7.19. The smallest absolute Gasteiger partial charge is 0.315 e. The van der Waals surface area contributed by atoms with Crippen molar-refractivity contribution >= 4 is 41.4 Å². The number of ketones is 1. The van der Waals surface area contributed by atoms with Gasteiger partial charge in [0.1, 0.15) is 18.1 Å². The Bertz CT molecular complexity index is 1580. The normalized spacial score (nSPS) is 22.2. The molecule has 5 N–H and O–H groups in total. The first-order valence-electron chi connectivity index (χ1n) is 18.2. The number of hydrogen-bond donors (Lipinski definition) is 5. The number of carbonyl (C=O) groups is 7. The molecule has 0 bridgehead atoms. The van der Waals surface area contributed by atoms with Gasteiger partial charge in [-0.1, -0.05) is 65.0 Å². The lowest BCUT2D eigenvalue weighted by molar-refractivity contribution is -0.146. The van der Waals surface area contributed by atoms with Crippen LogP contribution in [0.15, 0.2) is 30.3 Å². The highest BCUT2D eigenvalue weighted by Gasteiger charge is 2.70. The van der Waals surface area contributed by atoms with Crippen molar-refractivity contribution in [3.63, 3.8) is 0 Å². The summed E-state index contributed by atoms with van der Waals surface area (Å²) in [5.74, 6) is -4.33. The van der Waals surface area contributed by atoms with E-state index in [-0.39, 0.29) is 35.5 Å². The molecule has 53 heavy (non-hydrogen) atoms. The number of urea groups is 1. The summed E-state index contributed by atoms with van der Waals surface area (Å²) in [6, 6.07) is 3.96. The Morgan fingerprint density at radius 2 is 1.55 bits per heavy atom. The Balaban J connectivity index is 1.48. The molecule has 0 radical (unpaired) electrons. The molecule has 15 nitrogen and oxygen atoms in total. The summed E-state index contributed by atoms with van der Waals surface area (Å²) < 4.78 is 5.29. The summed E-state index contributed by atoms with van der Waals surface area (Å²) in [5, 5.41) is 13.4. The van der Waals surface area contributed by atoms with Crippen LogP contribution in [0, 0.1) is 28.6 Å². The Hall–Kier alpha value is -4.53. The minimum atomic E-state index is -1.25. The van der Waals surface area contributed by atoms with Crippen molar-refractivity contribution < 1.29 is 38.3 Å². The molecule has 1 unspecified atom stereocenters. The number of hydrogen-bond acceptors (Lipinski definition) is 8. The predicted octanol–water partition coefficient (Wildman–Crippen LogP) is 1.13. The maximum atomic E-state index is 14.2. The van der Waals surface area contributed by atoms with Gasteiger partial charge in [0.2, 0.25) is 29.4 Å². The quantitative estimate of drug-likeness (QED) is 0.186. The fourth-order valence-electron chi connectivity index (χ4n) is 7.19. The summed E-state index contributed by atoms with van der Waals surface area (Å²) in [4.78, 5) is 96.8. The molecular weight excluding hydrogens is 682 g/mol. The average Bonchev–Trinajstić information content (AvgIpc) is 3.35. The first-order chi connectivity index (χ1) is 24.5. The number of fused-ring (bicyclic) bond motifs is 1. The van der Waals surface area contributed by atoms with Crippen molar-refractivity contribution in [1.82, 2.24) is 36.4 Å². The zero-order valence-corrected chi connectivity index (χ0v) is 32.6. The zero-order chi connectivity index (χ0) is 39.6. The number of nitrogens with zero attached hydrogens (tertiary/aromatic N) is 2. The third-order valence-corrected chi connectivity index (χ3v) is 10.3. The maximum absolute atomic E-state index is 14.2. The predicted molar refractivity (Wildman–Crippen MR) is 196 cm³/mol. The topological polar surface area (TPSA) is 195 Å². The van der Waals surface area contributed by atoms with Crippen molar-refractivity contribution in [2.45, 2.75) is 91.5 Å². The van der Waals surface area contributed by atoms with E-state index >= 15 is 0 Å². The van der Waals surface area contributed by atoms with E-state index in [9.17, 15) is 33.6 Å². The molecule has 1 aliphatic carbocycles. The van der Waals surface area contributed by atoms with E-state index in [1.165, 1.54) is 9.80 Å².